The Labute approximate surface area is 119 Å². The van der Waals surface area contributed by atoms with Gasteiger partial charge in [-0.2, -0.15) is 0 Å². The average molecular weight is 278 g/mol. The molecular formula is C15H22N2O3. The van der Waals surface area contributed by atoms with Crippen molar-refractivity contribution in [3.8, 4) is 5.75 Å². The van der Waals surface area contributed by atoms with Crippen LogP contribution < -0.4 is 15.4 Å². The van der Waals surface area contributed by atoms with Crippen molar-refractivity contribution in [1.29, 1.82) is 0 Å². The molecule has 1 aliphatic rings. The normalized spacial score (nSPS) is 17.6. The molecule has 0 aliphatic carbocycles. The quantitative estimate of drug-likeness (QED) is 0.904. The highest BCUT2D eigenvalue weighted by Crippen LogP contribution is 2.35. The molecule has 20 heavy (non-hydrogen) atoms. The molecule has 0 spiro atoms. The fourth-order valence-electron chi connectivity index (χ4n) is 2.64. The third kappa shape index (κ3) is 2.64. The Morgan fingerprint density at radius 1 is 1.40 bits per heavy atom. The molecule has 1 aromatic rings. The van der Waals surface area contributed by atoms with E-state index < -0.39 is 5.41 Å². The monoisotopic (exact) mass is 278 g/mol. The van der Waals surface area contributed by atoms with Crippen LogP contribution in [-0.2, 0) is 9.53 Å². The highest BCUT2D eigenvalue weighted by atomic mass is 16.5. The number of nitrogens with two attached hydrogens (primary N) is 1. The van der Waals surface area contributed by atoms with E-state index in [1.165, 1.54) is 0 Å². The van der Waals surface area contributed by atoms with E-state index in [2.05, 4.69) is 0 Å². The molecule has 1 fully saturated rings. The molecule has 0 saturated carbocycles. The van der Waals surface area contributed by atoms with E-state index in [0.717, 1.165) is 5.69 Å². The summed E-state index contributed by atoms with van der Waals surface area (Å²) in [6, 6.07) is 7.49. The number of hydrogen-bond acceptors (Lipinski definition) is 4. The lowest BCUT2D eigenvalue weighted by atomic mass is 9.79. The van der Waals surface area contributed by atoms with Crippen LogP contribution in [0.4, 0.5) is 5.69 Å². The number of carbonyl (C=O) groups is 1. The Kier molecular flexibility index (Phi) is 4.62. The van der Waals surface area contributed by atoms with Gasteiger partial charge in [-0.15, -0.1) is 0 Å². The van der Waals surface area contributed by atoms with Gasteiger partial charge in [-0.3, -0.25) is 4.79 Å². The molecule has 1 heterocycles. The molecule has 0 aromatic heterocycles. The fraction of sp³-hybridized carbons (Fsp3) is 0.533. The molecule has 1 amide bonds. The molecule has 5 nitrogen and oxygen atoms in total. The first-order valence-electron chi connectivity index (χ1n) is 6.83. The van der Waals surface area contributed by atoms with Crippen molar-refractivity contribution in [3.05, 3.63) is 24.3 Å². The first kappa shape index (κ1) is 14.8. The summed E-state index contributed by atoms with van der Waals surface area (Å²) in [5.74, 6) is 0.718. The fourth-order valence-corrected chi connectivity index (χ4v) is 2.64. The van der Waals surface area contributed by atoms with Crippen molar-refractivity contribution >= 4 is 11.6 Å². The largest absolute Gasteiger partial charge is 0.495 e. The van der Waals surface area contributed by atoms with Gasteiger partial charge in [-0.05, 0) is 25.0 Å². The Balaban J connectivity index is 2.27. The highest BCUT2D eigenvalue weighted by Gasteiger charge is 2.41. The van der Waals surface area contributed by atoms with E-state index >= 15 is 0 Å². The second-order valence-electron chi connectivity index (χ2n) is 5.13. The molecule has 2 rings (SSSR count). The van der Waals surface area contributed by atoms with Crippen LogP contribution in [0.1, 0.15) is 12.8 Å². The summed E-state index contributed by atoms with van der Waals surface area (Å²) in [5.41, 5.74) is 6.13. The van der Waals surface area contributed by atoms with Gasteiger partial charge in [0.15, 0.2) is 0 Å². The summed E-state index contributed by atoms with van der Waals surface area (Å²) < 4.78 is 10.7. The van der Waals surface area contributed by atoms with Gasteiger partial charge in [0, 0.05) is 26.8 Å². The third-order valence-corrected chi connectivity index (χ3v) is 4.05. The lowest BCUT2D eigenvalue weighted by molar-refractivity contribution is -0.132. The molecule has 110 valence electrons. The SMILES string of the molecule is COc1ccccc1N(C)C(=O)C1(CN)CCOCC1. The second-order valence-corrected chi connectivity index (χ2v) is 5.13. The predicted molar refractivity (Wildman–Crippen MR) is 77.9 cm³/mol. The zero-order valence-corrected chi connectivity index (χ0v) is 12.1. The average Bonchev–Trinajstić information content (AvgIpc) is 2.54. The summed E-state index contributed by atoms with van der Waals surface area (Å²) in [6.45, 7) is 1.51. The van der Waals surface area contributed by atoms with Gasteiger partial charge in [-0.1, -0.05) is 12.1 Å². The smallest absolute Gasteiger partial charge is 0.234 e. The van der Waals surface area contributed by atoms with E-state index in [1.54, 1.807) is 19.1 Å². The topological polar surface area (TPSA) is 64.8 Å². The van der Waals surface area contributed by atoms with Crippen LogP contribution in [0.3, 0.4) is 0 Å². The number of amides is 1. The van der Waals surface area contributed by atoms with Gasteiger partial charge >= 0.3 is 0 Å². The summed E-state index contributed by atoms with van der Waals surface area (Å²) in [7, 11) is 3.37. The van der Waals surface area contributed by atoms with Crippen LogP contribution in [0.2, 0.25) is 0 Å². The summed E-state index contributed by atoms with van der Waals surface area (Å²) in [4.78, 5) is 14.5. The zero-order chi connectivity index (χ0) is 14.6. The summed E-state index contributed by atoms with van der Waals surface area (Å²) in [6.07, 6.45) is 1.34. The molecule has 1 aromatic carbocycles. The molecule has 5 heteroatoms. The number of hydrogen-bond donors (Lipinski definition) is 1. The van der Waals surface area contributed by atoms with Crippen LogP contribution >= 0.6 is 0 Å². The molecule has 2 N–H and O–H groups in total. The number of ether oxygens (including phenoxy) is 2. The minimum absolute atomic E-state index is 0.0350. The van der Waals surface area contributed by atoms with Crippen LogP contribution in [0.15, 0.2) is 24.3 Å². The van der Waals surface area contributed by atoms with Crippen LogP contribution in [-0.4, -0.2) is 39.8 Å². The molecule has 0 radical (unpaired) electrons. The number of benzene rings is 1. The Morgan fingerprint density at radius 2 is 2.05 bits per heavy atom. The Hall–Kier alpha value is -1.59. The first-order valence-corrected chi connectivity index (χ1v) is 6.83. The number of anilines is 1. The minimum Gasteiger partial charge on any atom is -0.495 e. The van der Waals surface area contributed by atoms with E-state index in [0.29, 0.717) is 38.3 Å². The number of rotatable bonds is 4. The van der Waals surface area contributed by atoms with Crippen molar-refractivity contribution < 1.29 is 14.3 Å². The number of para-hydroxylation sites is 2. The molecule has 0 atom stereocenters. The number of nitrogens with zero attached hydrogens (tertiary/aromatic N) is 1. The van der Waals surface area contributed by atoms with E-state index in [-0.39, 0.29) is 5.91 Å². The van der Waals surface area contributed by atoms with Crippen molar-refractivity contribution in [2.75, 3.05) is 38.8 Å². The minimum atomic E-state index is -0.520. The van der Waals surface area contributed by atoms with Gasteiger partial charge in [0.1, 0.15) is 5.75 Å². The Morgan fingerprint density at radius 3 is 2.65 bits per heavy atom. The number of methoxy groups -OCH3 is 1. The maximum absolute atomic E-state index is 12.9. The first-order chi connectivity index (χ1) is 9.64. The Bertz CT molecular complexity index is 470. The molecule has 1 saturated heterocycles. The lowest BCUT2D eigenvalue weighted by Crippen LogP contribution is -2.50. The molecular weight excluding hydrogens is 256 g/mol. The van der Waals surface area contributed by atoms with Gasteiger partial charge in [0.05, 0.1) is 18.2 Å². The standard InChI is InChI=1S/C15H22N2O3/c1-17(12-5-3-4-6-13(12)19-2)14(18)15(11-16)7-9-20-10-8-15/h3-6H,7-11,16H2,1-2H3. The van der Waals surface area contributed by atoms with E-state index in [9.17, 15) is 4.79 Å². The van der Waals surface area contributed by atoms with E-state index in [4.69, 9.17) is 15.2 Å². The van der Waals surface area contributed by atoms with Crippen LogP contribution in [0.25, 0.3) is 0 Å². The van der Waals surface area contributed by atoms with Gasteiger partial charge in [0.2, 0.25) is 5.91 Å². The maximum Gasteiger partial charge on any atom is 0.234 e. The third-order valence-electron chi connectivity index (χ3n) is 4.05. The maximum atomic E-state index is 12.9. The van der Waals surface area contributed by atoms with Crippen molar-refractivity contribution in [3.63, 3.8) is 0 Å². The number of carbonyl (C=O) groups excluding carboxylic acids is 1. The lowest BCUT2D eigenvalue weighted by Gasteiger charge is -2.37. The molecule has 1 aliphatic heterocycles. The van der Waals surface area contributed by atoms with E-state index in [1.807, 2.05) is 24.3 Å². The molecule has 0 bridgehead atoms. The van der Waals surface area contributed by atoms with Gasteiger partial charge in [0.25, 0.3) is 0 Å². The summed E-state index contributed by atoms with van der Waals surface area (Å²) in [5, 5.41) is 0. The highest BCUT2D eigenvalue weighted by molar-refractivity contribution is 5.98. The van der Waals surface area contributed by atoms with Crippen LogP contribution in [0.5, 0.6) is 5.75 Å². The van der Waals surface area contributed by atoms with Gasteiger partial charge in [-0.25, -0.2) is 0 Å². The van der Waals surface area contributed by atoms with Crippen molar-refractivity contribution in [2.24, 2.45) is 11.1 Å². The molecule has 0 unspecified atom stereocenters. The zero-order valence-electron chi connectivity index (χ0n) is 12.1. The van der Waals surface area contributed by atoms with Crippen molar-refractivity contribution in [1.82, 2.24) is 0 Å². The predicted octanol–water partition coefficient (Wildman–Crippen LogP) is 1.41. The summed E-state index contributed by atoms with van der Waals surface area (Å²) >= 11 is 0. The second kappa shape index (κ2) is 6.24. The van der Waals surface area contributed by atoms with Gasteiger partial charge < -0.3 is 20.1 Å². The van der Waals surface area contributed by atoms with Crippen molar-refractivity contribution in [2.45, 2.75) is 12.8 Å². The van der Waals surface area contributed by atoms with Crippen LogP contribution in [0, 0.1) is 5.41 Å².